The molecule has 3 aromatic rings. The van der Waals surface area contributed by atoms with Crippen molar-refractivity contribution >= 4 is 38.9 Å². The number of aromatic hydroxyl groups is 1. The van der Waals surface area contributed by atoms with Gasteiger partial charge in [0, 0.05) is 20.5 Å². The molecule has 0 aliphatic rings. The molecule has 1 heterocycles. The van der Waals surface area contributed by atoms with Crippen molar-refractivity contribution in [3.8, 4) is 5.75 Å². The van der Waals surface area contributed by atoms with Crippen LogP contribution in [0.1, 0.15) is 48.2 Å². The fourth-order valence-electron chi connectivity index (χ4n) is 3.23. The summed E-state index contributed by atoms with van der Waals surface area (Å²) in [5.41, 5.74) is -0.953. The molecule has 1 amide bonds. The second-order valence-corrected chi connectivity index (χ2v) is 8.17. The summed E-state index contributed by atoms with van der Waals surface area (Å²) in [6.07, 6.45) is 1.32. The number of hydrogen-bond donors (Lipinski definition) is 3. The fourth-order valence-corrected chi connectivity index (χ4v) is 3.82. The van der Waals surface area contributed by atoms with E-state index in [1.54, 1.807) is 20.2 Å². The minimum absolute atomic E-state index is 0.0366. The van der Waals surface area contributed by atoms with Crippen LogP contribution in [0.3, 0.4) is 0 Å². The molecular weight excluding hydrogens is 466 g/mol. The van der Waals surface area contributed by atoms with Gasteiger partial charge in [-0.25, -0.2) is 0 Å². The minimum atomic E-state index is -0.698. The van der Waals surface area contributed by atoms with Gasteiger partial charge in [-0.3, -0.25) is 14.4 Å². The molecular formula is C22H24BrN3O5. The van der Waals surface area contributed by atoms with Crippen molar-refractivity contribution in [2.45, 2.75) is 32.7 Å². The Morgan fingerprint density at radius 2 is 1.87 bits per heavy atom. The summed E-state index contributed by atoms with van der Waals surface area (Å²) in [7, 11) is 3.14. The van der Waals surface area contributed by atoms with Crippen LogP contribution in [0.25, 0.3) is 0 Å². The molecule has 0 aliphatic carbocycles. The average Bonchev–Trinajstić information content (AvgIpc) is 3.13. The molecule has 0 unspecified atom stereocenters. The number of aryl methyl sites for hydroxylation is 1. The zero-order chi connectivity index (χ0) is 22.9. The largest absolute Gasteiger partial charge is 0.505 e. The van der Waals surface area contributed by atoms with Crippen LogP contribution in [0.4, 0.5) is 17.1 Å². The summed E-state index contributed by atoms with van der Waals surface area (Å²) >= 11 is 3.46. The summed E-state index contributed by atoms with van der Waals surface area (Å²) in [5, 5.41) is 16.4. The minimum Gasteiger partial charge on any atom is -0.505 e. The van der Waals surface area contributed by atoms with Crippen molar-refractivity contribution in [2.24, 2.45) is 0 Å². The van der Waals surface area contributed by atoms with Gasteiger partial charge in [-0.1, -0.05) is 19.9 Å². The first-order valence-corrected chi connectivity index (χ1v) is 10.7. The van der Waals surface area contributed by atoms with Crippen molar-refractivity contribution in [1.29, 1.82) is 0 Å². The molecule has 0 aliphatic heterocycles. The predicted octanol–water partition coefficient (Wildman–Crippen LogP) is 3.91. The smallest absolute Gasteiger partial charge is 0.257 e. The molecule has 8 nitrogen and oxygen atoms in total. The van der Waals surface area contributed by atoms with Gasteiger partial charge in [0.15, 0.2) is 5.75 Å². The molecule has 2 aromatic carbocycles. The van der Waals surface area contributed by atoms with Gasteiger partial charge >= 0.3 is 0 Å². The van der Waals surface area contributed by atoms with E-state index in [0.717, 1.165) is 10.2 Å². The number of phenolic OH excluding ortho intramolecular Hbond substituents is 1. The standard InChI is InChI=1S/C22H24BrN3O5/c1-5-13(16-10-12(23)15(6-2)31-16)24-17-18(21(29)20(17)28)25-14-9-7-8-11(19(14)27)22(30)26(3)4/h7-10,13,24-25,27H,5-6H2,1-4H3/t13-/m1/s1. The summed E-state index contributed by atoms with van der Waals surface area (Å²) in [5.74, 6) is 0.762. The number of halogens is 1. The zero-order valence-electron chi connectivity index (χ0n) is 17.7. The van der Waals surface area contributed by atoms with E-state index in [-0.39, 0.29) is 40.3 Å². The van der Waals surface area contributed by atoms with Gasteiger partial charge in [0.1, 0.15) is 22.9 Å². The van der Waals surface area contributed by atoms with Crippen molar-refractivity contribution < 1.29 is 14.3 Å². The quantitative estimate of drug-likeness (QED) is 0.324. The van der Waals surface area contributed by atoms with E-state index in [0.29, 0.717) is 18.6 Å². The maximum atomic E-state index is 12.2. The lowest BCUT2D eigenvalue weighted by Crippen LogP contribution is -2.37. The first kappa shape index (κ1) is 22.6. The Bertz CT molecular complexity index is 1190. The second kappa shape index (κ2) is 8.97. The van der Waals surface area contributed by atoms with E-state index in [9.17, 15) is 19.5 Å². The number of carbonyl (C=O) groups is 1. The normalized spacial score (nSPS) is 12.0. The molecule has 0 spiro atoms. The van der Waals surface area contributed by atoms with E-state index in [1.807, 2.05) is 19.9 Å². The number of rotatable bonds is 8. The van der Waals surface area contributed by atoms with E-state index in [1.165, 1.54) is 17.0 Å². The highest BCUT2D eigenvalue weighted by molar-refractivity contribution is 9.10. The number of carbonyl (C=O) groups excluding carboxylic acids is 1. The highest BCUT2D eigenvalue weighted by atomic mass is 79.9. The van der Waals surface area contributed by atoms with Crippen LogP contribution in [0.5, 0.6) is 5.75 Å². The molecule has 0 saturated carbocycles. The lowest BCUT2D eigenvalue weighted by atomic mass is 10.1. The van der Waals surface area contributed by atoms with E-state index in [2.05, 4.69) is 26.6 Å². The summed E-state index contributed by atoms with van der Waals surface area (Å²) in [6, 6.07) is 6.12. The van der Waals surface area contributed by atoms with E-state index < -0.39 is 10.9 Å². The fraction of sp³-hybridized carbons (Fsp3) is 0.318. The summed E-state index contributed by atoms with van der Waals surface area (Å²) in [6.45, 7) is 3.91. The van der Waals surface area contributed by atoms with E-state index in [4.69, 9.17) is 4.42 Å². The molecule has 0 bridgehead atoms. The SMILES string of the molecule is CCc1oc([C@@H](CC)Nc2c(Nc3cccc(C(=O)N(C)C)c3O)c(=O)c2=O)cc1Br. The lowest BCUT2D eigenvalue weighted by Gasteiger charge is -2.21. The number of hydrogen-bond acceptors (Lipinski definition) is 7. The maximum Gasteiger partial charge on any atom is 0.257 e. The van der Waals surface area contributed by atoms with Gasteiger partial charge < -0.3 is 25.1 Å². The number of nitrogens with zero attached hydrogens (tertiary/aromatic N) is 1. The van der Waals surface area contributed by atoms with Gasteiger partial charge in [0.05, 0.1) is 21.8 Å². The molecule has 31 heavy (non-hydrogen) atoms. The van der Waals surface area contributed by atoms with Crippen LogP contribution < -0.4 is 21.5 Å². The predicted molar refractivity (Wildman–Crippen MR) is 123 cm³/mol. The number of benzene rings is 1. The first-order chi connectivity index (χ1) is 14.7. The molecule has 0 saturated heterocycles. The molecule has 1 aromatic heterocycles. The monoisotopic (exact) mass is 489 g/mol. The van der Waals surface area contributed by atoms with Gasteiger partial charge in [0.2, 0.25) is 0 Å². The number of phenols is 1. The number of anilines is 3. The van der Waals surface area contributed by atoms with E-state index >= 15 is 0 Å². The third-order valence-corrected chi connectivity index (χ3v) is 5.68. The lowest BCUT2D eigenvalue weighted by molar-refractivity contribution is 0.0824. The number of nitrogens with one attached hydrogen (secondary N) is 2. The number of amides is 1. The molecule has 0 radical (unpaired) electrons. The Balaban J connectivity index is 1.90. The summed E-state index contributed by atoms with van der Waals surface area (Å²) in [4.78, 5) is 38.1. The third kappa shape index (κ3) is 4.23. The zero-order valence-corrected chi connectivity index (χ0v) is 19.3. The Kier molecular flexibility index (Phi) is 6.54. The molecule has 3 rings (SSSR count). The Morgan fingerprint density at radius 3 is 2.45 bits per heavy atom. The number of para-hydroxylation sites is 1. The van der Waals surface area contributed by atoms with Gasteiger partial charge in [-0.05, 0) is 40.5 Å². The average molecular weight is 490 g/mol. The molecule has 164 valence electrons. The van der Waals surface area contributed by atoms with Crippen LogP contribution in [-0.4, -0.2) is 30.0 Å². The molecule has 9 heteroatoms. The number of furan rings is 1. The Morgan fingerprint density at radius 1 is 1.19 bits per heavy atom. The van der Waals surface area contributed by atoms with Gasteiger partial charge in [0.25, 0.3) is 16.8 Å². The van der Waals surface area contributed by atoms with Crippen molar-refractivity contribution in [3.63, 3.8) is 0 Å². The van der Waals surface area contributed by atoms with Crippen molar-refractivity contribution in [2.75, 3.05) is 24.7 Å². The second-order valence-electron chi connectivity index (χ2n) is 7.31. The Labute approximate surface area is 187 Å². The maximum absolute atomic E-state index is 12.2. The molecule has 3 N–H and O–H groups in total. The molecule has 0 fully saturated rings. The topological polar surface area (TPSA) is 112 Å². The van der Waals surface area contributed by atoms with Crippen LogP contribution in [0.15, 0.2) is 42.7 Å². The Hall–Kier alpha value is -3.07. The van der Waals surface area contributed by atoms with Crippen LogP contribution in [0, 0.1) is 0 Å². The highest BCUT2D eigenvalue weighted by Gasteiger charge is 2.27. The van der Waals surface area contributed by atoms with Crippen LogP contribution in [0.2, 0.25) is 0 Å². The van der Waals surface area contributed by atoms with Crippen molar-refractivity contribution in [1.82, 2.24) is 4.90 Å². The molecule has 1 atom stereocenters. The first-order valence-electron chi connectivity index (χ1n) is 9.88. The van der Waals surface area contributed by atoms with Crippen LogP contribution in [-0.2, 0) is 6.42 Å². The summed E-state index contributed by atoms with van der Waals surface area (Å²) < 4.78 is 6.70. The highest BCUT2D eigenvalue weighted by Crippen LogP contribution is 2.34. The van der Waals surface area contributed by atoms with Gasteiger partial charge in [-0.2, -0.15) is 0 Å². The third-order valence-electron chi connectivity index (χ3n) is 5.01. The van der Waals surface area contributed by atoms with Gasteiger partial charge in [-0.15, -0.1) is 0 Å². The van der Waals surface area contributed by atoms with Crippen molar-refractivity contribution in [3.05, 3.63) is 66.3 Å². The van der Waals surface area contributed by atoms with Crippen LogP contribution >= 0.6 is 15.9 Å².